The first-order valence-corrected chi connectivity index (χ1v) is 4.75. The van der Waals surface area contributed by atoms with Crippen LogP contribution in [-0.4, -0.2) is 32.0 Å². The van der Waals surface area contributed by atoms with Gasteiger partial charge >= 0.3 is 0 Å². The molecule has 1 saturated heterocycles. The van der Waals surface area contributed by atoms with Crippen molar-refractivity contribution < 1.29 is 9.13 Å². The first-order valence-electron chi connectivity index (χ1n) is 4.75. The minimum Gasteiger partial charge on any atom is -0.377 e. The van der Waals surface area contributed by atoms with Gasteiger partial charge in [0.2, 0.25) is 0 Å². The average molecular weight is 175 g/mol. The molecule has 0 saturated carbocycles. The maximum Gasteiger partial charge on any atom is 0.0906 e. The number of halogens is 1. The Balaban J connectivity index is 2.05. The van der Waals surface area contributed by atoms with Crippen LogP contribution in [0, 0.1) is 0 Å². The van der Waals surface area contributed by atoms with Crippen molar-refractivity contribution in [3.8, 4) is 0 Å². The zero-order valence-corrected chi connectivity index (χ0v) is 7.68. The highest BCUT2D eigenvalue weighted by atomic mass is 19.1. The molecular weight excluding hydrogens is 157 g/mol. The molecule has 0 bridgehead atoms. The Labute approximate surface area is 73.5 Å². The van der Waals surface area contributed by atoms with E-state index in [1.165, 1.54) is 6.42 Å². The summed E-state index contributed by atoms with van der Waals surface area (Å²) >= 11 is 0. The molecule has 0 aromatic carbocycles. The molecule has 72 valence electrons. The normalized spacial score (nSPS) is 26.0. The van der Waals surface area contributed by atoms with Crippen LogP contribution in [0.15, 0.2) is 0 Å². The molecule has 3 heteroatoms. The molecule has 2 nitrogen and oxygen atoms in total. The summed E-state index contributed by atoms with van der Waals surface area (Å²) < 4.78 is 17.2. The molecule has 0 spiro atoms. The van der Waals surface area contributed by atoms with Crippen molar-refractivity contribution >= 4 is 0 Å². The Hall–Kier alpha value is -0.150. The molecular formula is C9H18FNO. The number of nitrogens with one attached hydrogen (secondary N) is 1. The second-order valence-corrected chi connectivity index (χ2v) is 3.34. The van der Waals surface area contributed by atoms with Gasteiger partial charge in [-0.25, -0.2) is 0 Å². The standard InChI is InChI=1S/C9H18FNO/c1-8(11-6-3-5-10)9-4-2-7-12-9/h8-9,11H,2-7H2,1H3. The lowest BCUT2D eigenvalue weighted by molar-refractivity contribution is 0.0835. The summed E-state index contributed by atoms with van der Waals surface area (Å²) in [5.74, 6) is 0. The molecule has 1 N–H and O–H groups in total. The van der Waals surface area contributed by atoms with Crippen molar-refractivity contribution in [2.24, 2.45) is 0 Å². The molecule has 0 aromatic rings. The summed E-state index contributed by atoms with van der Waals surface area (Å²) in [7, 11) is 0. The van der Waals surface area contributed by atoms with E-state index in [0.717, 1.165) is 19.6 Å². The zero-order valence-electron chi connectivity index (χ0n) is 7.68. The van der Waals surface area contributed by atoms with Crippen LogP contribution in [0.1, 0.15) is 26.2 Å². The van der Waals surface area contributed by atoms with Gasteiger partial charge < -0.3 is 10.1 Å². The number of ether oxygens (including phenoxy) is 1. The number of hydrogen-bond acceptors (Lipinski definition) is 2. The predicted octanol–water partition coefficient (Wildman–Crippen LogP) is 1.50. The fourth-order valence-corrected chi connectivity index (χ4v) is 1.52. The first kappa shape index (κ1) is 9.93. The monoisotopic (exact) mass is 175 g/mol. The maximum atomic E-state index is 11.7. The fourth-order valence-electron chi connectivity index (χ4n) is 1.52. The smallest absolute Gasteiger partial charge is 0.0906 e. The third kappa shape index (κ3) is 3.07. The van der Waals surface area contributed by atoms with Crippen LogP contribution in [0.2, 0.25) is 0 Å². The van der Waals surface area contributed by atoms with E-state index in [0.29, 0.717) is 18.6 Å². The van der Waals surface area contributed by atoms with Gasteiger partial charge in [-0.2, -0.15) is 0 Å². The van der Waals surface area contributed by atoms with Crippen LogP contribution in [0.5, 0.6) is 0 Å². The van der Waals surface area contributed by atoms with Crippen molar-refractivity contribution in [1.29, 1.82) is 0 Å². The maximum absolute atomic E-state index is 11.7. The molecule has 2 unspecified atom stereocenters. The van der Waals surface area contributed by atoms with Gasteiger partial charge in [0, 0.05) is 12.6 Å². The quantitative estimate of drug-likeness (QED) is 0.639. The lowest BCUT2D eigenvalue weighted by Crippen LogP contribution is -2.37. The highest BCUT2D eigenvalue weighted by molar-refractivity contribution is 4.76. The topological polar surface area (TPSA) is 21.3 Å². The lowest BCUT2D eigenvalue weighted by atomic mass is 10.1. The summed E-state index contributed by atoms with van der Waals surface area (Å²) in [5, 5.41) is 3.26. The van der Waals surface area contributed by atoms with Gasteiger partial charge in [-0.3, -0.25) is 4.39 Å². The van der Waals surface area contributed by atoms with Gasteiger partial charge in [0.05, 0.1) is 12.8 Å². The van der Waals surface area contributed by atoms with Crippen molar-refractivity contribution in [3.05, 3.63) is 0 Å². The Morgan fingerprint density at radius 3 is 3.08 bits per heavy atom. The van der Waals surface area contributed by atoms with E-state index >= 15 is 0 Å². The Kier molecular flexibility index (Phi) is 4.54. The van der Waals surface area contributed by atoms with Gasteiger partial charge in [0.25, 0.3) is 0 Å². The fraction of sp³-hybridized carbons (Fsp3) is 1.00. The summed E-state index contributed by atoms with van der Waals surface area (Å²) in [4.78, 5) is 0. The summed E-state index contributed by atoms with van der Waals surface area (Å²) in [6, 6.07) is 0.374. The zero-order chi connectivity index (χ0) is 8.81. The van der Waals surface area contributed by atoms with Gasteiger partial charge in [-0.1, -0.05) is 0 Å². The predicted molar refractivity (Wildman–Crippen MR) is 47.0 cm³/mol. The SMILES string of the molecule is CC(NCCCF)C1CCCO1. The van der Waals surface area contributed by atoms with E-state index in [9.17, 15) is 4.39 Å². The summed E-state index contributed by atoms with van der Waals surface area (Å²) in [6.07, 6.45) is 3.27. The largest absolute Gasteiger partial charge is 0.377 e. The highest BCUT2D eigenvalue weighted by Gasteiger charge is 2.21. The van der Waals surface area contributed by atoms with E-state index < -0.39 is 0 Å². The average Bonchev–Trinajstić information content (AvgIpc) is 2.56. The van der Waals surface area contributed by atoms with Crippen LogP contribution in [0.4, 0.5) is 4.39 Å². The second kappa shape index (κ2) is 5.49. The van der Waals surface area contributed by atoms with Gasteiger partial charge in [0.15, 0.2) is 0 Å². The Morgan fingerprint density at radius 1 is 1.67 bits per heavy atom. The Morgan fingerprint density at radius 2 is 2.50 bits per heavy atom. The molecule has 1 aliphatic rings. The minimum absolute atomic E-state index is 0.231. The minimum atomic E-state index is -0.231. The molecule has 1 rings (SSSR count). The lowest BCUT2D eigenvalue weighted by Gasteiger charge is -2.19. The van der Waals surface area contributed by atoms with Crippen LogP contribution < -0.4 is 5.32 Å². The molecule has 0 amide bonds. The number of rotatable bonds is 5. The van der Waals surface area contributed by atoms with Crippen molar-refractivity contribution in [2.75, 3.05) is 19.8 Å². The van der Waals surface area contributed by atoms with Gasteiger partial charge in [-0.15, -0.1) is 0 Å². The Bertz CT molecular complexity index is 115. The molecule has 1 fully saturated rings. The molecule has 1 heterocycles. The number of alkyl halides is 1. The van der Waals surface area contributed by atoms with Crippen LogP contribution in [0.3, 0.4) is 0 Å². The number of hydrogen-bond donors (Lipinski definition) is 1. The highest BCUT2D eigenvalue weighted by Crippen LogP contribution is 2.15. The molecule has 0 radical (unpaired) electrons. The van der Waals surface area contributed by atoms with Crippen LogP contribution >= 0.6 is 0 Å². The summed E-state index contributed by atoms with van der Waals surface area (Å²) in [6.45, 7) is 3.52. The van der Waals surface area contributed by atoms with Crippen molar-refractivity contribution in [2.45, 2.75) is 38.3 Å². The van der Waals surface area contributed by atoms with E-state index in [-0.39, 0.29) is 6.67 Å². The third-order valence-electron chi connectivity index (χ3n) is 2.30. The second-order valence-electron chi connectivity index (χ2n) is 3.34. The van der Waals surface area contributed by atoms with E-state index in [1.54, 1.807) is 0 Å². The third-order valence-corrected chi connectivity index (χ3v) is 2.30. The van der Waals surface area contributed by atoms with Gasteiger partial charge in [0.1, 0.15) is 0 Å². The molecule has 0 aliphatic carbocycles. The molecule has 0 aromatic heterocycles. The van der Waals surface area contributed by atoms with Gasteiger partial charge in [-0.05, 0) is 32.7 Å². The van der Waals surface area contributed by atoms with Crippen LogP contribution in [0.25, 0.3) is 0 Å². The molecule has 1 aliphatic heterocycles. The van der Waals surface area contributed by atoms with E-state index in [4.69, 9.17) is 4.74 Å². The molecule has 2 atom stereocenters. The van der Waals surface area contributed by atoms with Crippen molar-refractivity contribution in [3.63, 3.8) is 0 Å². The summed E-state index contributed by atoms with van der Waals surface area (Å²) in [5.41, 5.74) is 0. The first-order chi connectivity index (χ1) is 5.84. The van der Waals surface area contributed by atoms with E-state index in [1.807, 2.05) is 0 Å². The molecule has 12 heavy (non-hydrogen) atoms. The van der Waals surface area contributed by atoms with Crippen LogP contribution in [-0.2, 0) is 4.74 Å². The van der Waals surface area contributed by atoms with Crippen molar-refractivity contribution in [1.82, 2.24) is 5.32 Å². The van der Waals surface area contributed by atoms with E-state index in [2.05, 4.69) is 12.2 Å².